The van der Waals surface area contributed by atoms with E-state index in [1.807, 2.05) is 48.5 Å². The molecule has 0 bridgehead atoms. The number of halogens is 2. The van der Waals surface area contributed by atoms with Gasteiger partial charge >= 0.3 is 0 Å². The molecule has 0 spiro atoms. The number of benzene rings is 3. The molecule has 168 valence electrons. The van der Waals surface area contributed by atoms with Crippen LogP contribution in [0.3, 0.4) is 0 Å². The van der Waals surface area contributed by atoms with Gasteiger partial charge in [0.25, 0.3) is 0 Å². The average molecular weight is 470 g/mol. The normalized spacial score (nSPS) is 17.4. The van der Waals surface area contributed by atoms with E-state index in [-0.39, 0.29) is 6.10 Å². The topological polar surface area (TPSA) is 21.7 Å². The van der Waals surface area contributed by atoms with Gasteiger partial charge in [0.2, 0.25) is 0 Å². The number of rotatable bonds is 9. The predicted molar refractivity (Wildman–Crippen MR) is 132 cm³/mol. The third-order valence-electron chi connectivity index (χ3n) is 6.15. The largest absolute Gasteiger partial charge is 0.497 e. The zero-order chi connectivity index (χ0) is 22.3. The molecule has 0 aromatic heterocycles. The quantitative estimate of drug-likeness (QED) is 0.343. The van der Waals surface area contributed by atoms with Crippen LogP contribution in [-0.4, -0.2) is 37.7 Å². The van der Waals surface area contributed by atoms with Crippen LogP contribution in [0, 0.1) is 0 Å². The van der Waals surface area contributed by atoms with Crippen molar-refractivity contribution in [3.8, 4) is 5.75 Å². The van der Waals surface area contributed by atoms with E-state index in [9.17, 15) is 0 Å². The van der Waals surface area contributed by atoms with Gasteiger partial charge in [-0.15, -0.1) is 0 Å². The highest BCUT2D eigenvalue weighted by Crippen LogP contribution is 2.32. The van der Waals surface area contributed by atoms with E-state index in [2.05, 4.69) is 29.2 Å². The Labute approximate surface area is 200 Å². The van der Waals surface area contributed by atoms with Gasteiger partial charge in [-0.2, -0.15) is 0 Å². The van der Waals surface area contributed by atoms with Crippen LogP contribution < -0.4 is 4.74 Å². The van der Waals surface area contributed by atoms with Gasteiger partial charge in [0.1, 0.15) is 11.9 Å². The molecule has 4 rings (SSSR count). The van der Waals surface area contributed by atoms with E-state index in [0.717, 1.165) is 42.8 Å². The van der Waals surface area contributed by atoms with E-state index >= 15 is 0 Å². The Morgan fingerprint density at radius 1 is 0.938 bits per heavy atom. The summed E-state index contributed by atoms with van der Waals surface area (Å²) in [5.74, 6) is 0.899. The van der Waals surface area contributed by atoms with Crippen LogP contribution in [0.4, 0.5) is 0 Å². The molecule has 1 unspecified atom stereocenters. The molecule has 0 radical (unpaired) electrons. The van der Waals surface area contributed by atoms with E-state index in [0.29, 0.717) is 22.7 Å². The Hall–Kier alpha value is -2.04. The Balaban J connectivity index is 1.41. The zero-order valence-corrected chi connectivity index (χ0v) is 19.9. The zero-order valence-electron chi connectivity index (χ0n) is 18.3. The van der Waals surface area contributed by atoms with Crippen LogP contribution >= 0.6 is 23.2 Å². The maximum absolute atomic E-state index is 6.55. The molecule has 1 aliphatic rings. The highest BCUT2D eigenvalue weighted by molar-refractivity contribution is 6.42. The first-order valence-corrected chi connectivity index (χ1v) is 11.9. The Kier molecular flexibility index (Phi) is 8.10. The third-order valence-corrected chi connectivity index (χ3v) is 6.89. The second-order valence-electron chi connectivity index (χ2n) is 8.23. The highest BCUT2D eigenvalue weighted by atomic mass is 35.5. The highest BCUT2D eigenvalue weighted by Gasteiger charge is 2.26. The van der Waals surface area contributed by atoms with Crippen molar-refractivity contribution in [1.29, 1.82) is 0 Å². The van der Waals surface area contributed by atoms with Gasteiger partial charge in [-0.3, -0.25) is 4.90 Å². The van der Waals surface area contributed by atoms with Crippen LogP contribution in [0.15, 0.2) is 72.8 Å². The fraction of sp³-hybridized carbons (Fsp3) is 0.333. The van der Waals surface area contributed by atoms with Crippen molar-refractivity contribution in [1.82, 2.24) is 4.90 Å². The molecule has 3 aromatic carbocycles. The number of ether oxygens (including phenoxy) is 2. The second kappa shape index (κ2) is 11.2. The van der Waals surface area contributed by atoms with Gasteiger partial charge in [0.15, 0.2) is 0 Å². The summed E-state index contributed by atoms with van der Waals surface area (Å²) in [4.78, 5) is 2.56. The molecule has 0 amide bonds. The van der Waals surface area contributed by atoms with Gasteiger partial charge in [0.05, 0.1) is 23.8 Å². The van der Waals surface area contributed by atoms with Gasteiger partial charge < -0.3 is 9.47 Å². The maximum atomic E-state index is 6.55. The number of hydrogen-bond donors (Lipinski definition) is 0. The molecule has 1 heterocycles. The third kappa shape index (κ3) is 5.85. The van der Waals surface area contributed by atoms with Crippen molar-refractivity contribution in [2.45, 2.75) is 31.4 Å². The summed E-state index contributed by atoms with van der Waals surface area (Å²) in [6.45, 7) is 2.83. The summed E-state index contributed by atoms with van der Waals surface area (Å²) in [6, 6.07) is 24.8. The first-order chi connectivity index (χ1) is 15.6. The number of methoxy groups -OCH3 is 1. The molecule has 1 saturated heterocycles. The standard InChI is InChI=1S/C27H29Cl2NO2/c1-31-24-12-9-20(10-13-24)15-17-30-16-5-8-23(30)19-32-27(21-6-3-2-4-7-21)22-11-14-25(28)26(29)18-22/h2-4,6-7,9-14,18,23,27H,5,8,15-17,19H2,1H3/t23-,27?/m0/s1. The second-order valence-corrected chi connectivity index (χ2v) is 9.04. The Morgan fingerprint density at radius 2 is 1.72 bits per heavy atom. The van der Waals surface area contributed by atoms with E-state index in [1.165, 1.54) is 12.0 Å². The fourth-order valence-electron chi connectivity index (χ4n) is 4.34. The first kappa shape index (κ1) is 23.1. The molecule has 1 fully saturated rings. The molecule has 32 heavy (non-hydrogen) atoms. The van der Waals surface area contributed by atoms with Crippen LogP contribution in [0.25, 0.3) is 0 Å². The van der Waals surface area contributed by atoms with Crippen molar-refractivity contribution >= 4 is 23.2 Å². The van der Waals surface area contributed by atoms with Gasteiger partial charge in [-0.1, -0.05) is 71.7 Å². The molecule has 5 heteroatoms. The fourth-order valence-corrected chi connectivity index (χ4v) is 4.65. The SMILES string of the molecule is COc1ccc(CCN2CCC[C@H]2COC(c2ccccc2)c2ccc(Cl)c(Cl)c2)cc1. The summed E-state index contributed by atoms with van der Waals surface area (Å²) < 4.78 is 11.8. The van der Waals surface area contributed by atoms with Crippen LogP contribution in [0.2, 0.25) is 10.0 Å². The van der Waals surface area contributed by atoms with Crippen molar-refractivity contribution in [2.75, 3.05) is 26.8 Å². The van der Waals surface area contributed by atoms with Crippen molar-refractivity contribution in [3.63, 3.8) is 0 Å². The number of likely N-dealkylation sites (tertiary alicyclic amines) is 1. The van der Waals surface area contributed by atoms with Crippen molar-refractivity contribution < 1.29 is 9.47 Å². The summed E-state index contributed by atoms with van der Waals surface area (Å²) >= 11 is 12.5. The van der Waals surface area contributed by atoms with E-state index < -0.39 is 0 Å². The predicted octanol–water partition coefficient (Wildman–Crippen LogP) is 6.82. The smallest absolute Gasteiger partial charge is 0.118 e. The minimum absolute atomic E-state index is 0.171. The molecular weight excluding hydrogens is 441 g/mol. The first-order valence-electron chi connectivity index (χ1n) is 11.1. The molecule has 0 saturated carbocycles. The average Bonchev–Trinajstić information content (AvgIpc) is 3.28. The van der Waals surface area contributed by atoms with Gasteiger partial charge in [0, 0.05) is 12.6 Å². The molecule has 0 N–H and O–H groups in total. The van der Waals surface area contributed by atoms with Crippen LogP contribution in [0.1, 0.15) is 35.6 Å². The summed E-state index contributed by atoms with van der Waals surface area (Å²) in [6.07, 6.45) is 3.22. The van der Waals surface area contributed by atoms with Gasteiger partial charge in [-0.05, 0) is 66.8 Å². The number of hydrogen-bond acceptors (Lipinski definition) is 3. The van der Waals surface area contributed by atoms with E-state index in [4.69, 9.17) is 32.7 Å². The summed E-state index contributed by atoms with van der Waals surface area (Å²) in [5.41, 5.74) is 3.47. The van der Waals surface area contributed by atoms with Gasteiger partial charge in [-0.25, -0.2) is 0 Å². The monoisotopic (exact) mass is 469 g/mol. The number of nitrogens with zero attached hydrogens (tertiary/aromatic N) is 1. The van der Waals surface area contributed by atoms with Crippen molar-refractivity contribution in [2.24, 2.45) is 0 Å². The minimum Gasteiger partial charge on any atom is -0.497 e. The lowest BCUT2D eigenvalue weighted by molar-refractivity contribution is 0.0381. The minimum atomic E-state index is -0.171. The maximum Gasteiger partial charge on any atom is 0.118 e. The van der Waals surface area contributed by atoms with Crippen LogP contribution in [0.5, 0.6) is 5.75 Å². The molecule has 3 aromatic rings. The van der Waals surface area contributed by atoms with Crippen LogP contribution in [-0.2, 0) is 11.2 Å². The van der Waals surface area contributed by atoms with Crippen molar-refractivity contribution in [3.05, 3.63) is 99.5 Å². The lowest BCUT2D eigenvalue weighted by atomic mass is 10.0. The lowest BCUT2D eigenvalue weighted by Crippen LogP contribution is -2.35. The Bertz CT molecular complexity index is 994. The molecular formula is C27H29Cl2NO2. The molecule has 0 aliphatic carbocycles. The lowest BCUT2D eigenvalue weighted by Gasteiger charge is -2.27. The van der Waals surface area contributed by atoms with E-state index in [1.54, 1.807) is 7.11 Å². The molecule has 1 aliphatic heterocycles. The summed E-state index contributed by atoms with van der Waals surface area (Å²) in [7, 11) is 1.70. The molecule has 3 nitrogen and oxygen atoms in total. The summed E-state index contributed by atoms with van der Waals surface area (Å²) in [5, 5.41) is 1.11. The molecule has 2 atom stereocenters. The Morgan fingerprint density at radius 3 is 2.44 bits per heavy atom.